The van der Waals surface area contributed by atoms with E-state index >= 15 is 0 Å². The lowest BCUT2D eigenvalue weighted by atomic mass is 9.82. The molecule has 1 amide bonds. The molecule has 8 heteroatoms. The Labute approximate surface area is 172 Å². The second-order valence-electron chi connectivity index (χ2n) is 6.33. The molecule has 29 heavy (non-hydrogen) atoms. The number of allylic oxidation sites excluding steroid dienone is 2. The Hall–Kier alpha value is -3.57. The SMILES string of the molecule is CSC1=C(C#N)[C@@H](c2cccc([N+](=O)[O-])c2)C(C(=O)Nc2ccccc2)=C(C)N1. The predicted molar refractivity (Wildman–Crippen MR) is 113 cm³/mol. The van der Waals surface area contributed by atoms with Crippen LogP contribution in [0.25, 0.3) is 0 Å². The average molecular weight is 406 g/mol. The monoisotopic (exact) mass is 406 g/mol. The van der Waals surface area contributed by atoms with E-state index in [1.54, 1.807) is 43.3 Å². The summed E-state index contributed by atoms with van der Waals surface area (Å²) >= 11 is 1.36. The third-order valence-electron chi connectivity index (χ3n) is 4.54. The first kappa shape index (κ1) is 20.2. The van der Waals surface area contributed by atoms with Gasteiger partial charge >= 0.3 is 0 Å². The number of para-hydroxylation sites is 1. The molecule has 2 aromatic carbocycles. The molecule has 0 radical (unpaired) electrons. The summed E-state index contributed by atoms with van der Waals surface area (Å²) in [5.74, 6) is -1.09. The van der Waals surface area contributed by atoms with Gasteiger partial charge in [0.2, 0.25) is 0 Å². The Bertz CT molecular complexity index is 1070. The summed E-state index contributed by atoms with van der Waals surface area (Å²) in [4.78, 5) is 23.9. The minimum Gasteiger partial charge on any atom is -0.353 e. The van der Waals surface area contributed by atoms with Gasteiger partial charge in [-0.25, -0.2) is 0 Å². The first-order valence-electron chi connectivity index (χ1n) is 8.73. The highest BCUT2D eigenvalue weighted by Gasteiger charge is 2.35. The fourth-order valence-electron chi connectivity index (χ4n) is 3.25. The molecular formula is C21H18N4O3S. The lowest BCUT2D eigenvalue weighted by Crippen LogP contribution is -2.30. The van der Waals surface area contributed by atoms with Gasteiger partial charge in [-0.05, 0) is 30.9 Å². The zero-order chi connectivity index (χ0) is 21.0. The summed E-state index contributed by atoms with van der Waals surface area (Å²) in [5.41, 5.74) is 2.34. The third-order valence-corrected chi connectivity index (χ3v) is 5.27. The summed E-state index contributed by atoms with van der Waals surface area (Å²) in [6.45, 7) is 1.76. The highest BCUT2D eigenvalue weighted by molar-refractivity contribution is 8.02. The number of nitrogens with zero attached hydrogens (tertiary/aromatic N) is 2. The highest BCUT2D eigenvalue weighted by atomic mass is 32.2. The zero-order valence-electron chi connectivity index (χ0n) is 15.8. The molecule has 1 aliphatic heterocycles. The number of amides is 1. The number of nitro benzene ring substituents is 1. The lowest BCUT2D eigenvalue weighted by molar-refractivity contribution is -0.384. The van der Waals surface area contributed by atoms with Crippen LogP contribution < -0.4 is 10.6 Å². The first-order valence-corrected chi connectivity index (χ1v) is 9.95. The number of hydrogen-bond acceptors (Lipinski definition) is 6. The second-order valence-corrected chi connectivity index (χ2v) is 7.14. The molecule has 0 aliphatic carbocycles. The molecule has 146 valence electrons. The van der Waals surface area contributed by atoms with E-state index in [0.29, 0.717) is 33.1 Å². The van der Waals surface area contributed by atoms with Crippen molar-refractivity contribution in [3.63, 3.8) is 0 Å². The highest BCUT2D eigenvalue weighted by Crippen LogP contribution is 2.41. The minimum absolute atomic E-state index is 0.0931. The van der Waals surface area contributed by atoms with Crippen molar-refractivity contribution in [1.82, 2.24) is 5.32 Å². The van der Waals surface area contributed by atoms with Crippen LogP contribution in [0.4, 0.5) is 11.4 Å². The van der Waals surface area contributed by atoms with E-state index in [2.05, 4.69) is 16.7 Å². The maximum Gasteiger partial charge on any atom is 0.269 e. The van der Waals surface area contributed by atoms with Crippen molar-refractivity contribution in [1.29, 1.82) is 5.26 Å². The van der Waals surface area contributed by atoms with Gasteiger partial charge in [-0.2, -0.15) is 5.26 Å². The summed E-state index contributed by atoms with van der Waals surface area (Å²) in [7, 11) is 0. The van der Waals surface area contributed by atoms with Crippen LogP contribution in [0.3, 0.4) is 0 Å². The van der Waals surface area contributed by atoms with E-state index in [4.69, 9.17) is 0 Å². The number of non-ortho nitro benzene ring substituents is 1. The molecule has 0 saturated carbocycles. The number of nitrogens with one attached hydrogen (secondary N) is 2. The van der Waals surface area contributed by atoms with Crippen LogP contribution in [0.15, 0.2) is 76.5 Å². The lowest BCUT2D eigenvalue weighted by Gasteiger charge is -2.29. The Kier molecular flexibility index (Phi) is 6.00. The van der Waals surface area contributed by atoms with Gasteiger partial charge in [0.25, 0.3) is 11.6 Å². The second kappa shape index (κ2) is 8.63. The summed E-state index contributed by atoms with van der Waals surface area (Å²) in [6, 6.07) is 17.2. The number of thioether (sulfide) groups is 1. The number of anilines is 1. The Morgan fingerprint density at radius 1 is 1.24 bits per heavy atom. The summed E-state index contributed by atoms with van der Waals surface area (Å²) < 4.78 is 0. The standard InChI is InChI=1S/C21H18N4O3S/c1-13-18(20(26)24-15-8-4-3-5-9-15)19(17(12-22)21(23-13)29-2)14-7-6-10-16(11-14)25(27)28/h3-11,19,23H,1-2H3,(H,24,26)/t19-/m1/s1. The minimum atomic E-state index is -0.715. The molecule has 3 rings (SSSR count). The molecule has 0 aromatic heterocycles. The smallest absolute Gasteiger partial charge is 0.269 e. The first-order chi connectivity index (χ1) is 14.0. The van der Waals surface area contributed by atoms with Crippen molar-refractivity contribution in [2.45, 2.75) is 12.8 Å². The van der Waals surface area contributed by atoms with E-state index in [-0.39, 0.29) is 11.6 Å². The van der Waals surface area contributed by atoms with E-state index in [9.17, 15) is 20.2 Å². The van der Waals surface area contributed by atoms with E-state index in [0.717, 1.165) is 0 Å². The Morgan fingerprint density at radius 2 is 1.97 bits per heavy atom. The molecule has 0 unspecified atom stereocenters. The topological polar surface area (TPSA) is 108 Å². The Morgan fingerprint density at radius 3 is 2.59 bits per heavy atom. The summed E-state index contributed by atoms with van der Waals surface area (Å²) in [6.07, 6.45) is 1.83. The van der Waals surface area contributed by atoms with Crippen LogP contribution in [0.1, 0.15) is 18.4 Å². The van der Waals surface area contributed by atoms with Gasteiger partial charge in [0.1, 0.15) is 0 Å². The van der Waals surface area contributed by atoms with Crippen molar-refractivity contribution < 1.29 is 9.72 Å². The van der Waals surface area contributed by atoms with E-state index in [1.807, 2.05) is 12.3 Å². The molecule has 2 aromatic rings. The fourth-order valence-corrected chi connectivity index (χ4v) is 3.88. The van der Waals surface area contributed by atoms with Crippen LogP contribution in [-0.2, 0) is 4.79 Å². The van der Waals surface area contributed by atoms with Crippen LogP contribution in [0.5, 0.6) is 0 Å². The number of benzene rings is 2. The number of rotatable bonds is 5. The van der Waals surface area contributed by atoms with Crippen molar-refractivity contribution >= 4 is 29.0 Å². The number of hydrogen-bond donors (Lipinski definition) is 2. The maximum atomic E-state index is 13.2. The van der Waals surface area contributed by atoms with Gasteiger partial charge in [-0.1, -0.05) is 30.3 Å². The molecular weight excluding hydrogens is 388 g/mol. The molecule has 1 heterocycles. The number of nitriles is 1. The van der Waals surface area contributed by atoms with Crippen molar-refractivity contribution in [3.8, 4) is 6.07 Å². The molecule has 1 aliphatic rings. The number of nitro groups is 1. The third kappa shape index (κ3) is 4.15. The number of carbonyl (C=O) groups is 1. The van der Waals surface area contributed by atoms with Crippen LogP contribution in [0, 0.1) is 21.4 Å². The quantitative estimate of drug-likeness (QED) is 0.566. The maximum absolute atomic E-state index is 13.2. The van der Waals surface area contributed by atoms with Crippen molar-refractivity contribution in [2.24, 2.45) is 0 Å². The van der Waals surface area contributed by atoms with Gasteiger partial charge < -0.3 is 10.6 Å². The normalized spacial score (nSPS) is 16.1. The molecule has 7 nitrogen and oxygen atoms in total. The number of dihydropyridines is 1. The van der Waals surface area contributed by atoms with Crippen molar-refractivity contribution in [3.05, 3.63) is 92.1 Å². The molecule has 0 fully saturated rings. The van der Waals surface area contributed by atoms with E-state index in [1.165, 1.54) is 23.9 Å². The van der Waals surface area contributed by atoms with Gasteiger partial charge in [0.15, 0.2) is 0 Å². The van der Waals surface area contributed by atoms with Gasteiger partial charge in [-0.3, -0.25) is 14.9 Å². The molecule has 1 atom stereocenters. The Balaban J connectivity index is 2.12. The van der Waals surface area contributed by atoms with Gasteiger partial charge in [-0.15, -0.1) is 11.8 Å². The fraction of sp³-hybridized carbons (Fsp3) is 0.143. The molecule has 0 bridgehead atoms. The van der Waals surface area contributed by atoms with Crippen molar-refractivity contribution in [2.75, 3.05) is 11.6 Å². The largest absolute Gasteiger partial charge is 0.353 e. The van der Waals surface area contributed by atoms with Crippen LogP contribution in [0.2, 0.25) is 0 Å². The average Bonchev–Trinajstić information content (AvgIpc) is 2.73. The summed E-state index contributed by atoms with van der Waals surface area (Å²) in [5, 5.41) is 27.7. The molecule has 0 saturated heterocycles. The van der Waals surface area contributed by atoms with Gasteiger partial charge in [0, 0.05) is 29.1 Å². The van der Waals surface area contributed by atoms with Gasteiger partial charge in [0.05, 0.1) is 27.5 Å². The predicted octanol–water partition coefficient (Wildman–Crippen LogP) is 4.29. The van der Waals surface area contributed by atoms with Crippen LogP contribution >= 0.6 is 11.8 Å². The van der Waals surface area contributed by atoms with Crippen LogP contribution in [-0.4, -0.2) is 17.1 Å². The zero-order valence-corrected chi connectivity index (χ0v) is 16.6. The molecule has 2 N–H and O–H groups in total. The molecule has 0 spiro atoms. The van der Waals surface area contributed by atoms with E-state index < -0.39 is 10.8 Å². The number of carbonyl (C=O) groups excluding carboxylic acids is 1.